The molecule has 0 aromatic heterocycles. The second kappa shape index (κ2) is 13.0. The summed E-state index contributed by atoms with van der Waals surface area (Å²) < 4.78 is -0.305. The van der Waals surface area contributed by atoms with E-state index in [1.165, 1.54) is 50.6 Å². The molecule has 0 aliphatic heterocycles. The monoisotopic (exact) mass is 334 g/mol. The molecule has 4 radical (unpaired) electrons. The van der Waals surface area contributed by atoms with Gasteiger partial charge in [0.05, 0.1) is 28.0 Å². The Balaban J connectivity index is 2.93. The summed E-state index contributed by atoms with van der Waals surface area (Å²) in [4.78, 5) is 0. The van der Waals surface area contributed by atoms with E-state index in [2.05, 4.69) is 0 Å². The van der Waals surface area contributed by atoms with E-state index in [4.69, 9.17) is 46.4 Å². The first kappa shape index (κ1) is 17.6. The lowest BCUT2D eigenvalue weighted by Crippen LogP contribution is -2.00. The normalized spacial score (nSPS) is 11.6. The highest BCUT2D eigenvalue weighted by molar-refractivity contribution is 6.69. The zero-order chi connectivity index (χ0) is 12.2. The van der Waals surface area contributed by atoms with Gasteiger partial charge in [-0.2, -0.15) is 0 Å². The highest BCUT2D eigenvalue weighted by Gasteiger charge is 2.00. The molecule has 0 fully saturated rings. The molecular weight excluding hydrogens is 318 g/mol. The number of unbranched alkanes of at least 4 members (excludes halogenated alkanes) is 5. The molecule has 0 saturated carbocycles. The lowest BCUT2D eigenvalue weighted by molar-refractivity contribution is 0.623. The molecule has 0 aliphatic carbocycles. The van der Waals surface area contributed by atoms with Crippen molar-refractivity contribution in [2.75, 3.05) is 0 Å². The molecule has 0 spiro atoms. The zero-order valence-corrected chi connectivity index (χ0v) is 14.3. The first-order valence-electron chi connectivity index (χ1n) is 5.66. The maximum atomic E-state index is 5.66. The third-order valence-corrected chi connectivity index (χ3v) is 5.95. The van der Waals surface area contributed by atoms with Crippen LogP contribution in [-0.2, 0) is 0 Å². The van der Waals surface area contributed by atoms with Gasteiger partial charge in [-0.1, -0.05) is 50.6 Å². The third kappa shape index (κ3) is 15.6. The van der Waals surface area contributed by atoms with Crippen molar-refractivity contribution in [2.24, 2.45) is 0 Å². The van der Waals surface area contributed by atoms with Gasteiger partial charge in [0.1, 0.15) is 0 Å². The Morgan fingerprint density at radius 3 is 1.19 bits per heavy atom. The molecule has 0 aliphatic rings. The maximum Gasteiger partial charge on any atom is 0.0929 e. The van der Waals surface area contributed by atoms with Crippen LogP contribution < -0.4 is 0 Å². The Hall–Kier alpha value is 1.59. The number of alkyl halides is 4. The highest BCUT2D eigenvalue weighted by Crippen LogP contribution is 2.11. The molecule has 0 rings (SSSR count). The van der Waals surface area contributed by atoms with Crippen LogP contribution in [0.15, 0.2) is 0 Å². The Bertz CT molecular complexity index is 129. The Morgan fingerprint density at radius 1 is 0.562 bits per heavy atom. The van der Waals surface area contributed by atoms with Crippen molar-refractivity contribution >= 4 is 65.4 Å². The van der Waals surface area contributed by atoms with Crippen molar-refractivity contribution in [1.29, 1.82) is 0 Å². The molecule has 0 nitrogen and oxygen atoms in total. The molecule has 0 N–H and O–H groups in total. The quantitative estimate of drug-likeness (QED) is 0.280. The largest absolute Gasteiger partial charge is 0.110 e. The predicted molar refractivity (Wildman–Crippen MR) is 79.8 cm³/mol. The molecule has 0 bridgehead atoms. The minimum atomic E-state index is -0.153. The molecule has 0 unspecified atom stereocenters. The number of rotatable bonds is 11. The minimum absolute atomic E-state index is 0.153. The lowest BCUT2D eigenvalue weighted by Gasteiger charge is -2.02. The van der Waals surface area contributed by atoms with Crippen LogP contribution in [0.2, 0.25) is 12.1 Å². The molecule has 0 aromatic rings. The number of halogens is 4. The van der Waals surface area contributed by atoms with Gasteiger partial charge in [-0.05, 0) is 0 Å². The smallest absolute Gasteiger partial charge is 0.0929 e. The topological polar surface area (TPSA) is 0 Å². The van der Waals surface area contributed by atoms with Gasteiger partial charge in [-0.3, -0.25) is 0 Å². The molecule has 0 atom stereocenters. The van der Waals surface area contributed by atoms with E-state index in [1.807, 2.05) is 0 Å². The van der Waals surface area contributed by atoms with Gasteiger partial charge in [0, 0.05) is 0 Å². The minimum Gasteiger partial charge on any atom is -0.110 e. The van der Waals surface area contributed by atoms with Gasteiger partial charge < -0.3 is 0 Å². The molecule has 16 heavy (non-hydrogen) atoms. The molecule has 94 valence electrons. The van der Waals surface area contributed by atoms with Crippen molar-refractivity contribution in [2.45, 2.75) is 59.5 Å². The second-order valence-electron chi connectivity index (χ2n) is 3.63. The van der Waals surface area contributed by atoms with E-state index in [1.54, 1.807) is 0 Å². The predicted octanol–water partition coefficient (Wildman–Crippen LogP) is 5.09. The van der Waals surface area contributed by atoms with E-state index >= 15 is 0 Å². The highest BCUT2D eigenvalue weighted by atomic mass is 35.5. The van der Waals surface area contributed by atoms with Gasteiger partial charge >= 0.3 is 0 Å². The van der Waals surface area contributed by atoms with E-state index in [9.17, 15) is 0 Å². The van der Waals surface area contributed by atoms with Crippen LogP contribution in [0.25, 0.3) is 0 Å². The van der Waals surface area contributed by atoms with E-state index < -0.39 is 0 Å². The van der Waals surface area contributed by atoms with Gasteiger partial charge in [0.25, 0.3) is 0 Å². The van der Waals surface area contributed by atoms with Crippen LogP contribution in [-0.4, -0.2) is 28.0 Å². The molecule has 0 heterocycles. The molecule has 0 amide bonds. The molecule has 6 heteroatoms. The first-order valence-corrected chi connectivity index (χ1v) is 9.97. The summed E-state index contributed by atoms with van der Waals surface area (Å²) in [7, 11) is 1.40. The van der Waals surface area contributed by atoms with Crippen LogP contribution >= 0.6 is 46.4 Å². The van der Waals surface area contributed by atoms with Gasteiger partial charge in [-0.15, -0.1) is 46.4 Å². The van der Waals surface area contributed by atoms with Crippen molar-refractivity contribution in [3.05, 3.63) is 0 Å². The fourth-order valence-corrected chi connectivity index (χ4v) is 4.03. The molecule has 0 aromatic carbocycles. The second-order valence-corrected chi connectivity index (χ2v) is 10.3. The maximum absolute atomic E-state index is 5.66. The summed E-state index contributed by atoms with van der Waals surface area (Å²) in [6, 6.07) is 2.36. The Morgan fingerprint density at radius 2 is 0.875 bits per heavy atom. The number of hydrogen-bond donors (Lipinski definition) is 0. The van der Waals surface area contributed by atoms with E-state index in [0.717, 1.165) is 0 Å². The van der Waals surface area contributed by atoms with Crippen LogP contribution in [0, 0.1) is 0 Å². The van der Waals surface area contributed by atoms with E-state index in [-0.39, 0.29) is 8.92 Å². The number of hydrogen-bond acceptors (Lipinski definition) is 0. The molecular formula is C10H18Cl4Si2. The summed E-state index contributed by atoms with van der Waals surface area (Å²) in [5.41, 5.74) is 0. The van der Waals surface area contributed by atoms with Gasteiger partial charge in [0.2, 0.25) is 0 Å². The third-order valence-electron chi connectivity index (χ3n) is 2.20. The first-order chi connectivity index (χ1) is 7.63. The SMILES string of the molecule is ClC(Cl)[Si]CCCCCCCC[Si]C(Cl)Cl. The van der Waals surface area contributed by atoms with Crippen LogP contribution in [0.3, 0.4) is 0 Å². The Kier molecular flexibility index (Phi) is 14.3. The van der Waals surface area contributed by atoms with Crippen LogP contribution in [0.1, 0.15) is 38.5 Å². The lowest BCUT2D eigenvalue weighted by atomic mass is 10.1. The fourth-order valence-electron chi connectivity index (χ4n) is 1.38. The summed E-state index contributed by atoms with van der Waals surface area (Å²) in [5, 5.41) is 0. The van der Waals surface area contributed by atoms with Crippen molar-refractivity contribution < 1.29 is 0 Å². The van der Waals surface area contributed by atoms with E-state index in [0.29, 0.717) is 19.0 Å². The van der Waals surface area contributed by atoms with Crippen molar-refractivity contribution in [1.82, 2.24) is 0 Å². The van der Waals surface area contributed by atoms with Gasteiger partial charge in [-0.25, -0.2) is 0 Å². The van der Waals surface area contributed by atoms with Crippen molar-refractivity contribution in [3.63, 3.8) is 0 Å². The average molecular weight is 336 g/mol. The fraction of sp³-hybridized carbons (Fsp3) is 1.00. The van der Waals surface area contributed by atoms with Crippen LogP contribution in [0.5, 0.6) is 0 Å². The van der Waals surface area contributed by atoms with Crippen molar-refractivity contribution in [3.8, 4) is 0 Å². The summed E-state index contributed by atoms with van der Waals surface area (Å²) >= 11 is 22.6. The average Bonchev–Trinajstić information content (AvgIpc) is 2.20. The molecule has 0 saturated heterocycles. The summed E-state index contributed by atoms with van der Waals surface area (Å²) in [6.07, 6.45) is 7.80. The summed E-state index contributed by atoms with van der Waals surface area (Å²) in [6.45, 7) is 0. The standard InChI is InChI=1S/C10H18Cl4Si2/c11-9(12)15-7-5-3-1-2-4-6-8-16-10(13)14/h9-10H,1-8H2. The summed E-state index contributed by atoms with van der Waals surface area (Å²) in [5.74, 6) is 0. The Labute approximate surface area is 124 Å². The zero-order valence-electron chi connectivity index (χ0n) is 9.32. The van der Waals surface area contributed by atoms with Gasteiger partial charge in [0.15, 0.2) is 0 Å². The van der Waals surface area contributed by atoms with Crippen LogP contribution in [0.4, 0.5) is 0 Å².